The third kappa shape index (κ3) is 6.15. The molecule has 39 heavy (non-hydrogen) atoms. The van der Waals surface area contributed by atoms with Crippen molar-refractivity contribution in [2.75, 3.05) is 23.4 Å². The molecule has 10 heteroatoms. The summed E-state index contributed by atoms with van der Waals surface area (Å²) in [5.74, 6) is 0.747. The number of benzene rings is 2. The Labute approximate surface area is 232 Å². The lowest BCUT2D eigenvalue weighted by Gasteiger charge is -2.22. The van der Waals surface area contributed by atoms with Gasteiger partial charge in [-0.05, 0) is 62.7 Å². The molecule has 202 valence electrons. The summed E-state index contributed by atoms with van der Waals surface area (Å²) < 4.78 is 7.14. The highest BCUT2D eigenvalue weighted by atomic mass is 35.5. The predicted octanol–water partition coefficient (Wildman–Crippen LogP) is 5.32. The van der Waals surface area contributed by atoms with Crippen molar-refractivity contribution in [1.29, 1.82) is 0 Å². The van der Waals surface area contributed by atoms with Crippen LogP contribution >= 0.6 is 11.6 Å². The van der Waals surface area contributed by atoms with Gasteiger partial charge >= 0.3 is 6.09 Å². The van der Waals surface area contributed by atoms with Gasteiger partial charge in [-0.3, -0.25) is 4.79 Å². The minimum absolute atomic E-state index is 0.0485. The molecular formula is C29H31ClN6O3. The molecule has 3 heterocycles. The minimum atomic E-state index is -0.596. The summed E-state index contributed by atoms with van der Waals surface area (Å²) in [6.45, 7) is 6.46. The summed E-state index contributed by atoms with van der Waals surface area (Å²) in [7, 11) is 1.98. The zero-order valence-corrected chi connectivity index (χ0v) is 23.1. The molecule has 1 aliphatic heterocycles. The summed E-state index contributed by atoms with van der Waals surface area (Å²) in [4.78, 5) is 33.1. The number of ether oxygens (including phenoxy) is 1. The van der Waals surface area contributed by atoms with Crippen molar-refractivity contribution in [3.8, 4) is 11.3 Å². The molecule has 0 radical (unpaired) electrons. The van der Waals surface area contributed by atoms with Gasteiger partial charge in [0.25, 0.3) is 0 Å². The van der Waals surface area contributed by atoms with Gasteiger partial charge in [0.1, 0.15) is 11.4 Å². The fourth-order valence-corrected chi connectivity index (χ4v) is 4.81. The molecule has 5 rings (SSSR count). The van der Waals surface area contributed by atoms with E-state index in [-0.39, 0.29) is 18.4 Å². The third-order valence-electron chi connectivity index (χ3n) is 6.37. The Balaban J connectivity index is 1.30. The van der Waals surface area contributed by atoms with Gasteiger partial charge in [0, 0.05) is 42.8 Å². The standard InChI is InChI=1S/C29H31ClN6O3/c1-29(2,3)39-28(38)32-22-15-27(37)35(18-22)23-10-8-20(9-11-23)24-16-31-25-12-13-26(33-36(24)25)34(4)17-19-6-5-7-21(30)14-19/h5-14,16,22H,15,17-18H2,1-4H3,(H,32,38). The topological polar surface area (TPSA) is 92.1 Å². The summed E-state index contributed by atoms with van der Waals surface area (Å²) >= 11 is 6.14. The van der Waals surface area contributed by atoms with Gasteiger partial charge in [0.05, 0.1) is 17.9 Å². The van der Waals surface area contributed by atoms with Gasteiger partial charge in [-0.2, -0.15) is 0 Å². The molecule has 1 saturated heterocycles. The largest absolute Gasteiger partial charge is 0.444 e. The van der Waals surface area contributed by atoms with E-state index in [0.717, 1.165) is 34.0 Å². The van der Waals surface area contributed by atoms with E-state index >= 15 is 0 Å². The van der Waals surface area contributed by atoms with Crippen LogP contribution in [0.15, 0.2) is 66.9 Å². The van der Waals surface area contributed by atoms with Crippen LogP contribution in [0.4, 0.5) is 16.3 Å². The van der Waals surface area contributed by atoms with Gasteiger partial charge in [0.2, 0.25) is 5.91 Å². The van der Waals surface area contributed by atoms with Crippen LogP contribution in [0.5, 0.6) is 0 Å². The van der Waals surface area contributed by atoms with E-state index in [0.29, 0.717) is 18.1 Å². The summed E-state index contributed by atoms with van der Waals surface area (Å²) in [5, 5.41) is 8.34. The first-order valence-corrected chi connectivity index (χ1v) is 13.1. The highest BCUT2D eigenvalue weighted by molar-refractivity contribution is 6.30. The maximum atomic E-state index is 12.7. The minimum Gasteiger partial charge on any atom is -0.444 e. The molecule has 2 aromatic carbocycles. The number of hydrogen-bond donors (Lipinski definition) is 1. The maximum Gasteiger partial charge on any atom is 0.407 e. The van der Waals surface area contributed by atoms with E-state index in [2.05, 4.69) is 15.2 Å². The van der Waals surface area contributed by atoms with Crippen LogP contribution in [0.2, 0.25) is 5.02 Å². The SMILES string of the molecule is CN(Cc1cccc(Cl)c1)c1ccc2ncc(-c3ccc(N4CC(NC(=O)OC(C)(C)C)CC4=O)cc3)n2n1. The Bertz CT molecular complexity index is 1510. The molecule has 2 aromatic heterocycles. The van der Waals surface area contributed by atoms with E-state index in [1.165, 1.54) is 0 Å². The van der Waals surface area contributed by atoms with E-state index in [1.54, 1.807) is 31.9 Å². The molecule has 0 bridgehead atoms. The van der Waals surface area contributed by atoms with Gasteiger partial charge < -0.3 is 19.9 Å². The van der Waals surface area contributed by atoms with Crippen LogP contribution < -0.4 is 15.1 Å². The number of halogens is 1. The fourth-order valence-electron chi connectivity index (χ4n) is 4.59. The van der Waals surface area contributed by atoms with E-state index in [9.17, 15) is 9.59 Å². The molecule has 1 N–H and O–H groups in total. The van der Waals surface area contributed by atoms with Gasteiger partial charge in [-0.25, -0.2) is 14.3 Å². The molecule has 1 unspecified atom stereocenters. The number of carbonyl (C=O) groups is 2. The summed E-state index contributed by atoms with van der Waals surface area (Å²) in [5.41, 5.74) is 3.76. The maximum absolute atomic E-state index is 12.7. The Hall–Kier alpha value is -4.11. The monoisotopic (exact) mass is 546 g/mol. The predicted molar refractivity (Wildman–Crippen MR) is 152 cm³/mol. The zero-order valence-electron chi connectivity index (χ0n) is 22.4. The second-order valence-electron chi connectivity index (χ2n) is 10.7. The number of amides is 2. The number of hydrogen-bond acceptors (Lipinski definition) is 6. The van der Waals surface area contributed by atoms with Gasteiger partial charge in [-0.15, -0.1) is 5.10 Å². The summed E-state index contributed by atoms with van der Waals surface area (Å²) in [6, 6.07) is 19.1. The number of fused-ring (bicyclic) bond motifs is 1. The number of anilines is 2. The lowest BCUT2D eigenvalue weighted by Crippen LogP contribution is -2.40. The van der Waals surface area contributed by atoms with Crippen molar-refractivity contribution in [1.82, 2.24) is 19.9 Å². The number of imidazole rings is 1. The van der Waals surface area contributed by atoms with Crippen LogP contribution in [0.1, 0.15) is 32.8 Å². The van der Waals surface area contributed by atoms with Crippen molar-refractivity contribution < 1.29 is 14.3 Å². The average Bonchev–Trinajstić information content (AvgIpc) is 3.45. The Morgan fingerprint density at radius 2 is 1.92 bits per heavy atom. The lowest BCUT2D eigenvalue weighted by atomic mass is 10.1. The summed E-state index contributed by atoms with van der Waals surface area (Å²) in [6.07, 6.45) is 1.50. The Morgan fingerprint density at radius 1 is 1.15 bits per heavy atom. The van der Waals surface area contributed by atoms with E-state index in [1.807, 2.05) is 72.2 Å². The molecule has 0 saturated carbocycles. The van der Waals surface area contributed by atoms with Crippen LogP contribution in [-0.4, -0.2) is 51.8 Å². The van der Waals surface area contributed by atoms with Crippen molar-refractivity contribution in [3.63, 3.8) is 0 Å². The second kappa shape index (κ2) is 10.6. The Kier molecular flexibility index (Phi) is 7.18. The van der Waals surface area contributed by atoms with Crippen molar-refractivity contribution >= 4 is 40.8 Å². The molecule has 0 spiro atoms. The number of nitrogens with one attached hydrogen (secondary N) is 1. The average molecular weight is 547 g/mol. The van der Waals surface area contributed by atoms with E-state index < -0.39 is 11.7 Å². The van der Waals surface area contributed by atoms with E-state index in [4.69, 9.17) is 21.4 Å². The number of rotatable bonds is 6. The number of aromatic nitrogens is 3. The molecular weight excluding hydrogens is 516 g/mol. The zero-order chi connectivity index (χ0) is 27.7. The molecule has 1 fully saturated rings. The van der Waals surface area contributed by atoms with Gasteiger partial charge in [0.15, 0.2) is 5.65 Å². The lowest BCUT2D eigenvalue weighted by molar-refractivity contribution is -0.117. The van der Waals surface area contributed by atoms with Crippen LogP contribution in [0, 0.1) is 0 Å². The highest BCUT2D eigenvalue weighted by Crippen LogP contribution is 2.27. The quantitative estimate of drug-likeness (QED) is 0.352. The number of carbonyl (C=O) groups excluding carboxylic acids is 2. The smallest absolute Gasteiger partial charge is 0.407 e. The van der Waals surface area contributed by atoms with Gasteiger partial charge in [-0.1, -0.05) is 35.9 Å². The van der Waals surface area contributed by atoms with Crippen LogP contribution in [0.25, 0.3) is 16.9 Å². The molecule has 1 atom stereocenters. The molecule has 1 aliphatic rings. The normalized spacial score (nSPS) is 15.6. The molecule has 9 nitrogen and oxygen atoms in total. The first-order valence-electron chi connectivity index (χ1n) is 12.8. The highest BCUT2D eigenvalue weighted by Gasteiger charge is 2.32. The third-order valence-corrected chi connectivity index (χ3v) is 6.60. The molecule has 2 amide bonds. The fraction of sp³-hybridized carbons (Fsp3) is 0.310. The Morgan fingerprint density at radius 3 is 2.64 bits per heavy atom. The first-order chi connectivity index (χ1) is 18.6. The van der Waals surface area contributed by atoms with Crippen molar-refractivity contribution in [3.05, 3.63) is 77.4 Å². The number of nitrogens with zero attached hydrogens (tertiary/aromatic N) is 5. The molecule has 4 aromatic rings. The molecule has 0 aliphatic carbocycles. The van der Waals surface area contributed by atoms with Crippen LogP contribution in [-0.2, 0) is 16.1 Å². The first kappa shape index (κ1) is 26.5. The van der Waals surface area contributed by atoms with Crippen molar-refractivity contribution in [2.45, 2.75) is 45.4 Å². The number of alkyl carbamates (subject to hydrolysis) is 1. The van der Waals surface area contributed by atoms with Crippen molar-refractivity contribution in [2.24, 2.45) is 0 Å². The second-order valence-corrected chi connectivity index (χ2v) is 11.1. The van der Waals surface area contributed by atoms with Crippen LogP contribution in [0.3, 0.4) is 0 Å².